The quantitative estimate of drug-likeness (QED) is 0.124. The maximum absolute atomic E-state index is 2.57. The topological polar surface area (TPSA) is 0 Å². The average molecular weight is 713 g/mol. The SMILES string of the molecule is CC1(C)c2ccccc2-c2cc3c(cc21)-c1c(cc(-c2c4ccccc4c(-c4ccc5c(ccc6ccccc65)c4)c4ccccc24)c2ccccc12)C3(C)C. The highest BCUT2D eigenvalue weighted by molar-refractivity contribution is 6.25. The Bertz CT molecular complexity index is 3300. The molecule has 10 aromatic carbocycles. The highest BCUT2D eigenvalue weighted by Crippen LogP contribution is 2.59. The Kier molecular flexibility index (Phi) is 6.28. The molecule has 0 N–H and O–H groups in total. The molecule has 0 aliphatic heterocycles. The second-order valence-electron chi connectivity index (χ2n) is 17.2. The van der Waals surface area contributed by atoms with Crippen molar-refractivity contribution in [2.75, 3.05) is 0 Å². The maximum atomic E-state index is 2.57. The van der Waals surface area contributed by atoms with Crippen LogP contribution in [0.5, 0.6) is 0 Å². The molecular formula is C56H40. The van der Waals surface area contributed by atoms with E-state index in [2.05, 4.69) is 198 Å². The molecule has 0 saturated carbocycles. The van der Waals surface area contributed by atoms with Crippen molar-refractivity contribution >= 4 is 53.9 Å². The van der Waals surface area contributed by atoms with Crippen LogP contribution in [0.15, 0.2) is 170 Å². The van der Waals surface area contributed by atoms with Crippen LogP contribution in [-0.4, -0.2) is 0 Å². The fourth-order valence-electron chi connectivity index (χ4n) is 10.9. The van der Waals surface area contributed by atoms with Crippen molar-refractivity contribution in [2.45, 2.75) is 38.5 Å². The molecule has 10 aromatic rings. The Morgan fingerprint density at radius 1 is 0.268 bits per heavy atom. The van der Waals surface area contributed by atoms with Crippen molar-refractivity contribution in [3.63, 3.8) is 0 Å². The average Bonchev–Trinajstić information content (AvgIpc) is 3.60. The second-order valence-corrected chi connectivity index (χ2v) is 17.2. The van der Waals surface area contributed by atoms with E-state index >= 15 is 0 Å². The smallest absolute Gasteiger partial charge is 0.0159 e. The van der Waals surface area contributed by atoms with Gasteiger partial charge in [0.15, 0.2) is 0 Å². The predicted molar refractivity (Wildman–Crippen MR) is 240 cm³/mol. The number of hydrogen-bond acceptors (Lipinski definition) is 0. The van der Waals surface area contributed by atoms with Crippen molar-refractivity contribution < 1.29 is 0 Å². The highest BCUT2D eigenvalue weighted by Gasteiger charge is 2.42. The molecule has 0 spiro atoms. The molecule has 0 radical (unpaired) electrons. The largest absolute Gasteiger partial charge is 0.0619 e. The lowest BCUT2D eigenvalue weighted by atomic mass is 9.78. The Balaban J connectivity index is 1.14. The van der Waals surface area contributed by atoms with Crippen molar-refractivity contribution in [1.29, 1.82) is 0 Å². The number of hydrogen-bond donors (Lipinski definition) is 0. The number of fused-ring (bicyclic) bond motifs is 13. The van der Waals surface area contributed by atoms with Crippen LogP contribution in [0.25, 0.3) is 98.4 Å². The summed E-state index contributed by atoms with van der Waals surface area (Å²) in [6.45, 7) is 9.67. The fourth-order valence-corrected chi connectivity index (χ4v) is 10.9. The van der Waals surface area contributed by atoms with Gasteiger partial charge in [-0.15, -0.1) is 0 Å². The van der Waals surface area contributed by atoms with Crippen molar-refractivity contribution in [3.05, 3.63) is 192 Å². The summed E-state index contributed by atoms with van der Waals surface area (Å²) in [5.74, 6) is 0. The molecule has 264 valence electrons. The Labute approximate surface area is 327 Å². The molecule has 0 amide bonds. The van der Waals surface area contributed by atoms with Crippen LogP contribution < -0.4 is 0 Å². The summed E-state index contributed by atoms with van der Waals surface area (Å²) in [5.41, 5.74) is 16.2. The van der Waals surface area contributed by atoms with Crippen molar-refractivity contribution in [2.24, 2.45) is 0 Å². The Hall–Kier alpha value is -6.50. The van der Waals surface area contributed by atoms with E-state index in [1.165, 1.54) is 121 Å². The van der Waals surface area contributed by atoms with Gasteiger partial charge in [0.2, 0.25) is 0 Å². The van der Waals surface area contributed by atoms with Gasteiger partial charge >= 0.3 is 0 Å². The minimum absolute atomic E-state index is 0.0536. The van der Waals surface area contributed by atoms with Gasteiger partial charge in [0.1, 0.15) is 0 Å². The first-order valence-electron chi connectivity index (χ1n) is 20.0. The number of benzene rings is 10. The third-order valence-corrected chi connectivity index (χ3v) is 13.6. The molecule has 0 atom stereocenters. The first kappa shape index (κ1) is 31.8. The molecule has 0 bridgehead atoms. The summed E-state index contributed by atoms with van der Waals surface area (Å²) in [7, 11) is 0. The Morgan fingerprint density at radius 3 is 1.46 bits per heavy atom. The van der Waals surface area contributed by atoms with Crippen molar-refractivity contribution in [1.82, 2.24) is 0 Å². The third kappa shape index (κ3) is 4.09. The highest BCUT2D eigenvalue weighted by atomic mass is 14.5. The van der Waals surface area contributed by atoms with E-state index in [4.69, 9.17) is 0 Å². The lowest BCUT2D eigenvalue weighted by molar-refractivity contribution is 0.652. The molecule has 0 saturated heterocycles. The summed E-state index contributed by atoms with van der Waals surface area (Å²) < 4.78 is 0. The normalized spacial score (nSPS) is 14.7. The summed E-state index contributed by atoms with van der Waals surface area (Å²) >= 11 is 0. The van der Waals surface area contributed by atoms with Crippen LogP contribution in [0.3, 0.4) is 0 Å². The van der Waals surface area contributed by atoms with Crippen LogP contribution in [0, 0.1) is 0 Å². The summed E-state index contributed by atoms with van der Waals surface area (Å²) in [6, 6.07) is 64.4. The molecular weight excluding hydrogens is 673 g/mol. The lowest BCUT2D eigenvalue weighted by Crippen LogP contribution is -2.17. The molecule has 0 fully saturated rings. The molecule has 0 heterocycles. The van der Waals surface area contributed by atoms with Gasteiger partial charge in [-0.2, -0.15) is 0 Å². The zero-order valence-corrected chi connectivity index (χ0v) is 32.2. The van der Waals surface area contributed by atoms with Crippen LogP contribution in [0.2, 0.25) is 0 Å². The van der Waals surface area contributed by atoms with Gasteiger partial charge in [-0.05, 0) is 145 Å². The van der Waals surface area contributed by atoms with Gasteiger partial charge in [-0.3, -0.25) is 0 Å². The molecule has 0 aromatic heterocycles. The molecule has 0 nitrogen and oxygen atoms in total. The monoisotopic (exact) mass is 712 g/mol. The summed E-state index contributed by atoms with van der Waals surface area (Å²) in [5, 5.41) is 12.9. The number of rotatable bonds is 2. The van der Waals surface area contributed by atoms with Crippen LogP contribution in [0.4, 0.5) is 0 Å². The zero-order valence-electron chi connectivity index (χ0n) is 32.2. The first-order chi connectivity index (χ1) is 27.3. The summed E-state index contributed by atoms with van der Waals surface area (Å²) in [4.78, 5) is 0. The third-order valence-electron chi connectivity index (χ3n) is 13.6. The predicted octanol–water partition coefficient (Wildman–Crippen LogP) is 15.4. The first-order valence-corrected chi connectivity index (χ1v) is 20.0. The van der Waals surface area contributed by atoms with E-state index < -0.39 is 0 Å². The van der Waals surface area contributed by atoms with Gasteiger partial charge in [0.25, 0.3) is 0 Å². The van der Waals surface area contributed by atoms with Crippen LogP contribution >= 0.6 is 0 Å². The molecule has 12 rings (SSSR count). The fraction of sp³-hybridized carbons (Fsp3) is 0.107. The zero-order chi connectivity index (χ0) is 37.5. The van der Waals surface area contributed by atoms with Gasteiger partial charge in [-0.25, -0.2) is 0 Å². The van der Waals surface area contributed by atoms with E-state index in [0.29, 0.717) is 0 Å². The lowest BCUT2D eigenvalue weighted by Gasteiger charge is -2.25. The van der Waals surface area contributed by atoms with Gasteiger partial charge in [0, 0.05) is 10.8 Å². The van der Waals surface area contributed by atoms with E-state index in [-0.39, 0.29) is 10.8 Å². The minimum Gasteiger partial charge on any atom is -0.0619 e. The summed E-state index contributed by atoms with van der Waals surface area (Å²) in [6.07, 6.45) is 0. The van der Waals surface area contributed by atoms with E-state index in [1.807, 2.05) is 0 Å². The molecule has 2 aliphatic rings. The van der Waals surface area contributed by atoms with E-state index in [0.717, 1.165) is 0 Å². The van der Waals surface area contributed by atoms with Gasteiger partial charge in [0.05, 0.1) is 0 Å². The van der Waals surface area contributed by atoms with Gasteiger partial charge in [-0.1, -0.05) is 173 Å². The van der Waals surface area contributed by atoms with Crippen LogP contribution in [-0.2, 0) is 10.8 Å². The Morgan fingerprint density at radius 2 is 0.750 bits per heavy atom. The minimum atomic E-state index is -0.180. The maximum Gasteiger partial charge on any atom is 0.0159 e. The van der Waals surface area contributed by atoms with Crippen molar-refractivity contribution in [3.8, 4) is 44.5 Å². The molecule has 0 unspecified atom stereocenters. The standard InChI is InChI=1S/C56H40/c1-55(2)48-24-14-13-18-39(48)45-30-50-47(32-49(45)55)54-40-19-8-7-17-38(40)46(31-51(54)56(50,3)4)53-43-22-11-9-20-41(43)52(42-21-10-12-23-44(42)53)35-27-28-37-34(29-35)26-25-33-15-5-6-16-36(33)37/h5-32H,1-4H3. The molecule has 0 heteroatoms. The van der Waals surface area contributed by atoms with E-state index in [1.54, 1.807) is 0 Å². The molecule has 56 heavy (non-hydrogen) atoms. The van der Waals surface area contributed by atoms with Gasteiger partial charge < -0.3 is 0 Å². The van der Waals surface area contributed by atoms with Crippen LogP contribution in [0.1, 0.15) is 49.9 Å². The van der Waals surface area contributed by atoms with E-state index in [9.17, 15) is 0 Å². The molecule has 2 aliphatic carbocycles. The second kappa shape index (κ2) is 11.1.